The Morgan fingerprint density at radius 2 is 1.74 bits per heavy atom. The Labute approximate surface area is 113 Å². The second kappa shape index (κ2) is 5.14. The van der Waals surface area contributed by atoms with Crippen molar-refractivity contribution in [3.8, 4) is 0 Å². The summed E-state index contributed by atoms with van der Waals surface area (Å²) in [4.78, 5) is 12.5. The highest BCUT2D eigenvalue weighted by Crippen LogP contribution is 2.28. The first kappa shape index (κ1) is 12.4. The van der Waals surface area contributed by atoms with Crippen molar-refractivity contribution in [2.75, 3.05) is 0 Å². The Morgan fingerprint density at radius 3 is 2.53 bits per heavy atom. The Kier molecular flexibility index (Phi) is 3.34. The van der Waals surface area contributed by atoms with Crippen LogP contribution in [0.15, 0.2) is 42.5 Å². The van der Waals surface area contributed by atoms with Crippen molar-refractivity contribution in [1.82, 2.24) is 0 Å². The van der Waals surface area contributed by atoms with Crippen LogP contribution in [0.5, 0.6) is 0 Å². The third-order valence-corrected chi connectivity index (χ3v) is 4.10. The minimum Gasteiger partial charge on any atom is -0.392 e. The summed E-state index contributed by atoms with van der Waals surface area (Å²) in [6.45, 7) is 0. The highest BCUT2D eigenvalue weighted by molar-refractivity contribution is 6.01. The van der Waals surface area contributed by atoms with Crippen molar-refractivity contribution in [1.29, 1.82) is 0 Å². The molecule has 0 radical (unpaired) electrons. The first-order chi connectivity index (χ1) is 9.25. The van der Waals surface area contributed by atoms with E-state index in [0.717, 1.165) is 42.0 Å². The van der Waals surface area contributed by atoms with E-state index in [1.54, 1.807) is 0 Å². The SMILES string of the molecule is O=C(c1ccc2ccccc2c1)[C@@H]1CCCC[C@@H]1O. The molecule has 19 heavy (non-hydrogen) atoms. The standard InChI is InChI=1S/C17H18O2/c18-16-8-4-3-7-15(16)17(19)14-10-9-12-5-1-2-6-13(12)11-14/h1-2,5-6,9-11,15-16,18H,3-4,7-8H2/t15-,16+/m1/s1. The molecule has 3 rings (SSSR count). The zero-order valence-electron chi connectivity index (χ0n) is 10.9. The van der Waals surface area contributed by atoms with E-state index in [9.17, 15) is 9.90 Å². The number of aliphatic hydroxyl groups excluding tert-OH is 1. The summed E-state index contributed by atoms with van der Waals surface area (Å²) >= 11 is 0. The van der Waals surface area contributed by atoms with Gasteiger partial charge in [-0.15, -0.1) is 0 Å². The number of hydrogen-bond acceptors (Lipinski definition) is 2. The van der Waals surface area contributed by atoms with Crippen LogP contribution in [0.3, 0.4) is 0 Å². The van der Waals surface area contributed by atoms with Gasteiger partial charge in [0.15, 0.2) is 5.78 Å². The average molecular weight is 254 g/mol. The Morgan fingerprint density at radius 1 is 1.00 bits per heavy atom. The summed E-state index contributed by atoms with van der Waals surface area (Å²) in [5.74, 6) is -0.118. The maximum absolute atomic E-state index is 12.5. The molecule has 0 aromatic heterocycles. The molecule has 98 valence electrons. The molecule has 0 spiro atoms. The third kappa shape index (κ3) is 2.41. The summed E-state index contributed by atoms with van der Waals surface area (Å²) in [7, 11) is 0. The maximum Gasteiger partial charge on any atom is 0.168 e. The van der Waals surface area contributed by atoms with Crippen LogP contribution >= 0.6 is 0 Å². The Balaban J connectivity index is 1.92. The van der Waals surface area contributed by atoms with E-state index in [-0.39, 0.29) is 11.7 Å². The molecule has 2 heteroatoms. The second-order valence-corrected chi connectivity index (χ2v) is 5.38. The van der Waals surface area contributed by atoms with Crippen molar-refractivity contribution in [3.63, 3.8) is 0 Å². The van der Waals surface area contributed by atoms with Gasteiger partial charge in [0.25, 0.3) is 0 Å². The Bertz CT molecular complexity index is 603. The van der Waals surface area contributed by atoms with E-state index in [4.69, 9.17) is 0 Å². The van der Waals surface area contributed by atoms with Gasteiger partial charge in [-0.2, -0.15) is 0 Å². The van der Waals surface area contributed by atoms with Crippen LogP contribution in [0, 0.1) is 5.92 Å². The minimum absolute atomic E-state index is 0.0953. The number of carbonyl (C=O) groups is 1. The molecular formula is C17H18O2. The molecule has 0 bridgehead atoms. The lowest BCUT2D eigenvalue weighted by molar-refractivity contribution is 0.0525. The third-order valence-electron chi connectivity index (χ3n) is 4.10. The van der Waals surface area contributed by atoms with Gasteiger partial charge in [0.05, 0.1) is 6.10 Å². The van der Waals surface area contributed by atoms with Gasteiger partial charge in [0.1, 0.15) is 0 Å². The molecule has 2 aromatic carbocycles. The van der Waals surface area contributed by atoms with E-state index >= 15 is 0 Å². The van der Waals surface area contributed by atoms with Gasteiger partial charge < -0.3 is 5.11 Å². The van der Waals surface area contributed by atoms with Gasteiger partial charge in [-0.05, 0) is 29.7 Å². The quantitative estimate of drug-likeness (QED) is 0.832. The minimum atomic E-state index is -0.465. The molecule has 1 saturated carbocycles. The lowest BCUT2D eigenvalue weighted by Crippen LogP contribution is -2.31. The van der Waals surface area contributed by atoms with Crippen molar-refractivity contribution in [2.24, 2.45) is 5.92 Å². The molecule has 1 aliphatic rings. The molecule has 1 N–H and O–H groups in total. The second-order valence-electron chi connectivity index (χ2n) is 5.38. The largest absolute Gasteiger partial charge is 0.392 e. The predicted molar refractivity (Wildman–Crippen MR) is 76.2 cm³/mol. The van der Waals surface area contributed by atoms with E-state index in [1.165, 1.54) is 0 Å². The highest BCUT2D eigenvalue weighted by atomic mass is 16.3. The number of rotatable bonds is 2. The van der Waals surface area contributed by atoms with Crippen LogP contribution in [-0.4, -0.2) is 17.0 Å². The molecule has 0 amide bonds. The molecule has 2 nitrogen and oxygen atoms in total. The number of ketones is 1. The zero-order valence-corrected chi connectivity index (χ0v) is 10.9. The van der Waals surface area contributed by atoms with E-state index in [0.29, 0.717) is 0 Å². The van der Waals surface area contributed by atoms with Crippen LogP contribution in [-0.2, 0) is 0 Å². The molecule has 0 heterocycles. The monoisotopic (exact) mass is 254 g/mol. The van der Waals surface area contributed by atoms with Crippen LogP contribution in [0.1, 0.15) is 36.0 Å². The van der Waals surface area contributed by atoms with Crippen LogP contribution in [0.2, 0.25) is 0 Å². The number of fused-ring (bicyclic) bond motifs is 1. The first-order valence-corrected chi connectivity index (χ1v) is 6.97. The first-order valence-electron chi connectivity index (χ1n) is 6.97. The summed E-state index contributed by atoms with van der Waals surface area (Å²) in [6, 6.07) is 13.8. The predicted octanol–water partition coefficient (Wildman–Crippen LogP) is 3.57. The summed E-state index contributed by atoms with van der Waals surface area (Å²) in [5, 5.41) is 12.2. The maximum atomic E-state index is 12.5. The molecule has 2 aromatic rings. The zero-order chi connectivity index (χ0) is 13.2. The normalized spacial score (nSPS) is 23.4. The van der Waals surface area contributed by atoms with Crippen molar-refractivity contribution < 1.29 is 9.90 Å². The van der Waals surface area contributed by atoms with Crippen molar-refractivity contribution in [3.05, 3.63) is 48.0 Å². The lowest BCUT2D eigenvalue weighted by Gasteiger charge is -2.26. The smallest absolute Gasteiger partial charge is 0.168 e. The van der Waals surface area contributed by atoms with Crippen LogP contribution < -0.4 is 0 Å². The fraction of sp³-hybridized carbons (Fsp3) is 0.353. The van der Waals surface area contributed by atoms with Crippen molar-refractivity contribution in [2.45, 2.75) is 31.8 Å². The van der Waals surface area contributed by atoms with Gasteiger partial charge in [0, 0.05) is 11.5 Å². The molecule has 0 aliphatic heterocycles. The van der Waals surface area contributed by atoms with E-state index < -0.39 is 6.10 Å². The fourth-order valence-electron chi connectivity index (χ4n) is 2.97. The summed E-state index contributed by atoms with van der Waals surface area (Å²) < 4.78 is 0. The van der Waals surface area contributed by atoms with Gasteiger partial charge >= 0.3 is 0 Å². The Hall–Kier alpha value is -1.67. The van der Waals surface area contributed by atoms with Crippen LogP contribution in [0.25, 0.3) is 10.8 Å². The van der Waals surface area contributed by atoms with E-state index in [1.807, 2.05) is 42.5 Å². The van der Waals surface area contributed by atoms with Gasteiger partial charge in [0.2, 0.25) is 0 Å². The van der Waals surface area contributed by atoms with Gasteiger partial charge in [-0.1, -0.05) is 49.2 Å². The topological polar surface area (TPSA) is 37.3 Å². The molecule has 0 saturated heterocycles. The van der Waals surface area contributed by atoms with Crippen LogP contribution in [0.4, 0.5) is 0 Å². The highest BCUT2D eigenvalue weighted by Gasteiger charge is 2.29. The molecular weight excluding hydrogens is 236 g/mol. The molecule has 2 atom stereocenters. The molecule has 1 aliphatic carbocycles. The number of aliphatic hydroxyl groups is 1. The van der Waals surface area contributed by atoms with E-state index in [2.05, 4.69) is 0 Å². The number of carbonyl (C=O) groups excluding carboxylic acids is 1. The summed E-state index contributed by atoms with van der Waals surface area (Å²) in [6.07, 6.45) is 3.17. The number of Topliss-reactive ketones (excluding diaryl/α,β-unsaturated/α-hetero) is 1. The molecule has 0 unspecified atom stereocenters. The lowest BCUT2D eigenvalue weighted by atomic mass is 9.81. The van der Waals surface area contributed by atoms with Gasteiger partial charge in [-0.25, -0.2) is 0 Å². The molecule has 1 fully saturated rings. The average Bonchev–Trinajstić information content (AvgIpc) is 2.46. The number of benzene rings is 2. The van der Waals surface area contributed by atoms with Gasteiger partial charge in [-0.3, -0.25) is 4.79 Å². The van der Waals surface area contributed by atoms with Crippen molar-refractivity contribution >= 4 is 16.6 Å². The summed E-state index contributed by atoms with van der Waals surface area (Å²) in [5.41, 5.74) is 0.727. The number of hydrogen-bond donors (Lipinski definition) is 1. The fourth-order valence-corrected chi connectivity index (χ4v) is 2.97.